The Labute approximate surface area is 114 Å². The predicted octanol–water partition coefficient (Wildman–Crippen LogP) is 1.57. The molecule has 0 fully saturated rings. The van der Waals surface area contributed by atoms with Gasteiger partial charge in [0.25, 0.3) is 0 Å². The number of ether oxygens (including phenoxy) is 1. The quantitative estimate of drug-likeness (QED) is 0.585. The van der Waals surface area contributed by atoms with Gasteiger partial charge >= 0.3 is 0 Å². The number of aromatic nitrogens is 2. The van der Waals surface area contributed by atoms with E-state index in [1.807, 2.05) is 20.9 Å². The Morgan fingerprint density at radius 1 is 1.50 bits per heavy atom. The van der Waals surface area contributed by atoms with Crippen LogP contribution >= 0.6 is 11.6 Å². The van der Waals surface area contributed by atoms with E-state index in [4.69, 9.17) is 22.2 Å². The summed E-state index contributed by atoms with van der Waals surface area (Å²) < 4.78 is 7.49. The van der Waals surface area contributed by atoms with Crippen LogP contribution in [-0.4, -0.2) is 28.5 Å². The van der Waals surface area contributed by atoms with Crippen molar-refractivity contribution in [3.63, 3.8) is 0 Å². The number of hydrogen-bond acceptors (Lipinski definition) is 4. The molecule has 0 spiro atoms. The molecule has 104 valence electrons. The smallest absolute Gasteiger partial charge is 0.0847 e. The molecule has 0 amide bonds. The molecule has 0 aliphatic carbocycles. The van der Waals surface area contributed by atoms with Crippen LogP contribution in [0.2, 0.25) is 5.02 Å². The molecule has 6 heteroatoms. The zero-order chi connectivity index (χ0) is 13.7. The summed E-state index contributed by atoms with van der Waals surface area (Å²) in [4.78, 5) is 0. The number of nitrogens with zero attached hydrogens (tertiary/aromatic N) is 2. The van der Waals surface area contributed by atoms with Crippen LogP contribution in [0.4, 0.5) is 0 Å². The second-order valence-electron chi connectivity index (χ2n) is 4.35. The number of rotatable bonds is 7. The van der Waals surface area contributed by atoms with E-state index in [2.05, 4.69) is 17.4 Å². The highest BCUT2D eigenvalue weighted by molar-refractivity contribution is 6.31. The Bertz CT molecular complexity index is 380. The lowest BCUT2D eigenvalue weighted by Gasteiger charge is -2.25. The Kier molecular flexibility index (Phi) is 6.08. The molecule has 2 atom stereocenters. The summed E-state index contributed by atoms with van der Waals surface area (Å²) in [5.74, 6) is 5.63. The summed E-state index contributed by atoms with van der Waals surface area (Å²) in [6.45, 7) is 6.64. The summed E-state index contributed by atoms with van der Waals surface area (Å²) in [5, 5.41) is 5.02. The zero-order valence-corrected chi connectivity index (χ0v) is 12.3. The maximum absolute atomic E-state index is 6.25. The fourth-order valence-corrected chi connectivity index (χ4v) is 2.38. The normalized spacial score (nSPS) is 14.8. The zero-order valence-electron chi connectivity index (χ0n) is 11.5. The van der Waals surface area contributed by atoms with Crippen molar-refractivity contribution < 1.29 is 4.74 Å². The number of nitrogens with two attached hydrogens (primary N) is 1. The van der Waals surface area contributed by atoms with Crippen LogP contribution in [0.15, 0.2) is 0 Å². The Morgan fingerprint density at radius 2 is 2.17 bits per heavy atom. The van der Waals surface area contributed by atoms with E-state index in [0.717, 1.165) is 17.8 Å². The third kappa shape index (κ3) is 3.45. The predicted molar refractivity (Wildman–Crippen MR) is 73.5 cm³/mol. The second-order valence-corrected chi connectivity index (χ2v) is 4.73. The molecule has 18 heavy (non-hydrogen) atoms. The van der Waals surface area contributed by atoms with E-state index < -0.39 is 0 Å². The monoisotopic (exact) mass is 274 g/mol. The van der Waals surface area contributed by atoms with Crippen molar-refractivity contribution in [1.82, 2.24) is 15.2 Å². The van der Waals surface area contributed by atoms with Crippen LogP contribution in [-0.2, 0) is 18.2 Å². The fraction of sp³-hybridized carbons (Fsp3) is 0.750. The van der Waals surface area contributed by atoms with Crippen LogP contribution in [0.25, 0.3) is 0 Å². The molecule has 1 aromatic rings. The van der Waals surface area contributed by atoms with E-state index in [-0.39, 0.29) is 12.1 Å². The molecule has 1 heterocycles. The lowest BCUT2D eigenvalue weighted by Crippen LogP contribution is -2.46. The third-order valence-electron chi connectivity index (χ3n) is 3.12. The SMILES string of the molecule is CCOC(CC)C(Cc1c(Cl)c(C)nn1C)NN. The highest BCUT2D eigenvalue weighted by Gasteiger charge is 2.23. The third-order valence-corrected chi connectivity index (χ3v) is 3.61. The summed E-state index contributed by atoms with van der Waals surface area (Å²) in [6, 6.07) is 0.0299. The van der Waals surface area contributed by atoms with Gasteiger partial charge in [-0.15, -0.1) is 0 Å². The van der Waals surface area contributed by atoms with Gasteiger partial charge in [-0.25, -0.2) is 0 Å². The summed E-state index contributed by atoms with van der Waals surface area (Å²) in [6.07, 6.45) is 1.67. The lowest BCUT2D eigenvalue weighted by molar-refractivity contribution is 0.0315. The van der Waals surface area contributed by atoms with Crippen molar-refractivity contribution in [2.45, 2.75) is 45.8 Å². The molecule has 0 aliphatic rings. The molecule has 0 aliphatic heterocycles. The van der Waals surface area contributed by atoms with E-state index in [9.17, 15) is 0 Å². The van der Waals surface area contributed by atoms with Gasteiger partial charge in [0, 0.05) is 20.1 Å². The molecular weight excluding hydrogens is 252 g/mol. The van der Waals surface area contributed by atoms with Crippen LogP contribution in [0.3, 0.4) is 0 Å². The van der Waals surface area contributed by atoms with E-state index >= 15 is 0 Å². The molecule has 0 saturated heterocycles. The van der Waals surface area contributed by atoms with Crippen LogP contribution in [0, 0.1) is 6.92 Å². The lowest BCUT2D eigenvalue weighted by atomic mass is 10.0. The minimum absolute atomic E-state index is 0.0299. The van der Waals surface area contributed by atoms with Gasteiger partial charge in [0.1, 0.15) is 0 Å². The number of hydrazine groups is 1. The first-order valence-electron chi connectivity index (χ1n) is 6.30. The Balaban J connectivity index is 2.84. The molecule has 2 unspecified atom stereocenters. The van der Waals surface area contributed by atoms with Crippen molar-refractivity contribution in [1.29, 1.82) is 0 Å². The van der Waals surface area contributed by atoms with Gasteiger partial charge in [0.05, 0.1) is 28.6 Å². The molecule has 1 rings (SSSR count). The number of nitrogens with one attached hydrogen (secondary N) is 1. The molecule has 0 radical (unpaired) electrons. The van der Waals surface area contributed by atoms with Gasteiger partial charge in [0.2, 0.25) is 0 Å². The van der Waals surface area contributed by atoms with Gasteiger partial charge in [-0.05, 0) is 20.3 Å². The van der Waals surface area contributed by atoms with Gasteiger partial charge in [-0.2, -0.15) is 5.10 Å². The Morgan fingerprint density at radius 3 is 2.56 bits per heavy atom. The molecular formula is C12H23ClN4O. The Hall–Kier alpha value is -0.620. The second kappa shape index (κ2) is 7.09. The van der Waals surface area contributed by atoms with Crippen molar-refractivity contribution in [2.24, 2.45) is 12.9 Å². The largest absolute Gasteiger partial charge is 0.377 e. The van der Waals surface area contributed by atoms with Crippen molar-refractivity contribution in [3.05, 3.63) is 16.4 Å². The summed E-state index contributed by atoms with van der Waals surface area (Å²) in [5.41, 5.74) is 4.65. The molecule has 3 N–H and O–H groups in total. The first-order chi connectivity index (χ1) is 8.54. The average Bonchev–Trinajstić information content (AvgIpc) is 2.59. The average molecular weight is 275 g/mol. The van der Waals surface area contributed by atoms with Crippen molar-refractivity contribution >= 4 is 11.6 Å². The maximum Gasteiger partial charge on any atom is 0.0847 e. The van der Waals surface area contributed by atoms with Crippen LogP contribution in [0.5, 0.6) is 0 Å². The highest BCUT2D eigenvalue weighted by Crippen LogP contribution is 2.22. The van der Waals surface area contributed by atoms with Crippen LogP contribution < -0.4 is 11.3 Å². The maximum atomic E-state index is 6.25. The van der Waals surface area contributed by atoms with Gasteiger partial charge in [0.15, 0.2) is 0 Å². The molecule has 0 bridgehead atoms. The molecule has 0 saturated carbocycles. The van der Waals surface area contributed by atoms with Gasteiger partial charge < -0.3 is 4.74 Å². The van der Waals surface area contributed by atoms with E-state index in [1.165, 1.54) is 0 Å². The number of hydrogen-bond donors (Lipinski definition) is 2. The number of halogens is 1. The molecule has 1 aromatic heterocycles. The standard InChI is InChI=1S/C12H23ClN4O/c1-5-11(18-6-2)9(15-14)7-10-12(13)8(3)16-17(10)4/h9,11,15H,5-7,14H2,1-4H3. The summed E-state index contributed by atoms with van der Waals surface area (Å²) in [7, 11) is 1.89. The van der Waals surface area contributed by atoms with Gasteiger partial charge in [-0.3, -0.25) is 16.0 Å². The summed E-state index contributed by atoms with van der Waals surface area (Å²) >= 11 is 6.25. The first kappa shape index (κ1) is 15.4. The minimum atomic E-state index is 0.0299. The first-order valence-corrected chi connectivity index (χ1v) is 6.68. The van der Waals surface area contributed by atoms with E-state index in [0.29, 0.717) is 18.1 Å². The topological polar surface area (TPSA) is 65.1 Å². The van der Waals surface area contributed by atoms with Crippen molar-refractivity contribution in [2.75, 3.05) is 6.61 Å². The van der Waals surface area contributed by atoms with Gasteiger partial charge in [-0.1, -0.05) is 18.5 Å². The fourth-order valence-electron chi connectivity index (χ4n) is 2.14. The minimum Gasteiger partial charge on any atom is -0.377 e. The van der Waals surface area contributed by atoms with Crippen molar-refractivity contribution in [3.8, 4) is 0 Å². The van der Waals surface area contributed by atoms with Crippen LogP contribution in [0.1, 0.15) is 31.7 Å². The number of aryl methyl sites for hydroxylation is 2. The van der Waals surface area contributed by atoms with E-state index in [1.54, 1.807) is 4.68 Å². The highest BCUT2D eigenvalue weighted by atomic mass is 35.5. The molecule has 5 nitrogen and oxygen atoms in total. The molecule has 0 aromatic carbocycles.